The molecule has 2 rings (SSSR count). The summed E-state index contributed by atoms with van der Waals surface area (Å²) < 4.78 is 5.35. The minimum Gasteiger partial charge on any atom is -0.469 e. The summed E-state index contributed by atoms with van der Waals surface area (Å²) in [6.07, 6.45) is 3.75. The Balaban J connectivity index is 1.87. The maximum absolute atomic E-state index is 5.35. The molecule has 1 aromatic carbocycles. The Morgan fingerprint density at radius 3 is 2.74 bits per heavy atom. The quantitative estimate of drug-likeness (QED) is 0.854. The molecule has 3 nitrogen and oxygen atoms in total. The van der Waals surface area contributed by atoms with Crippen LogP contribution in [0, 0.1) is 0 Å². The number of furan rings is 1. The lowest BCUT2D eigenvalue weighted by atomic mass is 10.1. The highest BCUT2D eigenvalue weighted by Crippen LogP contribution is 2.19. The van der Waals surface area contributed by atoms with Crippen molar-refractivity contribution in [3.63, 3.8) is 0 Å². The first-order valence-corrected chi connectivity index (χ1v) is 6.71. The highest BCUT2D eigenvalue weighted by molar-refractivity contribution is 5.57. The Kier molecular flexibility index (Phi) is 4.50. The van der Waals surface area contributed by atoms with Crippen molar-refractivity contribution < 1.29 is 4.42 Å². The van der Waals surface area contributed by atoms with E-state index in [1.807, 2.05) is 12.1 Å². The second-order valence-electron chi connectivity index (χ2n) is 5.11. The van der Waals surface area contributed by atoms with Gasteiger partial charge in [-0.25, -0.2) is 0 Å². The van der Waals surface area contributed by atoms with Crippen LogP contribution in [0.1, 0.15) is 19.1 Å². The van der Waals surface area contributed by atoms with Gasteiger partial charge < -0.3 is 14.6 Å². The summed E-state index contributed by atoms with van der Waals surface area (Å²) in [6, 6.07) is 12.9. The molecule has 0 saturated heterocycles. The van der Waals surface area contributed by atoms with Gasteiger partial charge in [-0.2, -0.15) is 0 Å². The average molecular weight is 258 g/mol. The second-order valence-corrected chi connectivity index (χ2v) is 5.11. The van der Waals surface area contributed by atoms with Crippen molar-refractivity contribution in [1.82, 2.24) is 0 Å². The van der Waals surface area contributed by atoms with Crippen molar-refractivity contribution in [1.29, 1.82) is 0 Å². The lowest BCUT2D eigenvalue weighted by Gasteiger charge is -2.18. The first-order valence-electron chi connectivity index (χ1n) is 6.71. The van der Waals surface area contributed by atoms with Gasteiger partial charge in [0.1, 0.15) is 5.76 Å². The Morgan fingerprint density at radius 1 is 1.21 bits per heavy atom. The van der Waals surface area contributed by atoms with Crippen molar-refractivity contribution in [3.05, 3.63) is 48.4 Å². The molecule has 3 heteroatoms. The van der Waals surface area contributed by atoms with Gasteiger partial charge in [0.05, 0.1) is 6.26 Å². The van der Waals surface area contributed by atoms with E-state index in [4.69, 9.17) is 4.42 Å². The molecule has 0 fully saturated rings. The van der Waals surface area contributed by atoms with E-state index in [2.05, 4.69) is 55.5 Å². The van der Waals surface area contributed by atoms with E-state index in [1.165, 1.54) is 5.69 Å². The SMILES string of the molecule is CC(CCc1ccco1)Nc1cccc(N(C)C)c1. The molecule has 0 radical (unpaired) electrons. The number of hydrogen-bond donors (Lipinski definition) is 1. The van der Waals surface area contributed by atoms with E-state index >= 15 is 0 Å². The monoisotopic (exact) mass is 258 g/mol. The fourth-order valence-corrected chi connectivity index (χ4v) is 2.04. The molecule has 0 aliphatic heterocycles. The molecular weight excluding hydrogens is 236 g/mol. The number of benzene rings is 1. The van der Waals surface area contributed by atoms with Crippen LogP contribution < -0.4 is 10.2 Å². The van der Waals surface area contributed by atoms with E-state index in [-0.39, 0.29) is 0 Å². The van der Waals surface area contributed by atoms with Crippen LogP contribution in [0.15, 0.2) is 47.1 Å². The number of anilines is 2. The molecule has 2 aromatic rings. The van der Waals surface area contributed by atoms with Crippen molar-refractivity contribution in [2.24, 2.45) is 0 Å². The molecule has 0 amide bonds. The van der Waals surface area contributed by atoms with E-state index in [9.17, 15) is 0 Å². The standard InChI is InChI=1S/C16H22N2O/c1-13(9-10-16-8-5-11-19-16)17-14-6-4-7-15(12-14)18(2)3/h4-8,11-13,17H,9-10H2,1-3H3. The Labute approximate surface area is 115 Å². The third kappa shape index (κ3) is 4.05. The van der Waals surface area contributed by atoms with Gasteiger partial charge in [0.2, 0.25) is 0 Å². The molecule has 1 heterocycles. The Morgan fingerprint density at radius 2 is 2.05 bits per heavy atom. The predicted molar refractivity (Wildman–Crippen MR) is 80.9 cm³/mol. The zero-order valence-electron chi connectivity index (χ0n) is 11.9. The minimum absolute atomic E-state index is 0.419. The van der Waals surface area contributed by atoms with Crippen molar-refractivity contribution >= 4 is 11.4 Å². The highest BCUT2D eigenvalue weighted by Gasteiger charge is 2.05. The summed E-state index contributed by atoms with van der Waals surface area (Å²) in [5.74, 6) is 1.05. The fraction of sp³-hybridized carbons (Fsp3) is 0.375. The molecule has 0 aliphatic rings. The van der Waals surface area contributed by atoms with Gasteiger partial charge in [-0.1, -0.05) is 6.07 Å². The maximum Gasteiger partial charge on any atom is 0.103 e. The van der Waals surface area contributed by atoms with Crippen LogP contribution in [0.2, 0.25) is 0 Å². The molecule has 1 atom stereocenters. The molecule has 0 aliphatic carbocycles. The van der Waals surface area contributed by atoms with E-state index in [1.54, 1.807) is 6.26 Å². The molecule has 0 bridgehead atoms. The minimum atomic E-state index is 0.419. The van der Waals surface area contributed by atoms with Crippen LogP contribution in [0.3, 0.4) is 0 Å². The van der Waals surface area contributed by atoms with E-state index < -0.39 is 0 Å². The number of aryl methyl sites for hydroxylation is 1. The third-order valence-electron chi connectivity index (χ3n) is 3.18. The molecule has 0 saturated carbocycles. The van der Waals surface area contributed by atoms with Crippen LogP contribution >= 0.6 is 0 Å². The van der Waals surface area contributed by atoms with Gasteiger partial charge >= 0.3 is 0 Å². The summed E-state index contributed by atoms with van der Waals surface area (Å²) in [7, 11) is 4.11. The van der Waals surface area contributed by atoms with Crippen molar-refractivity contribution in [2.75, 3.05) is 24.3 Å². The van der Waals surface area contributed by atoms with E-state index in [0.29, 0.717) is 6.04 Å². The summed E-state index contributed by atoms with van der Waals surface area (Å²) in [4.78, 5) is 2.11. The Bertz CT molecular complexity index is 491. The molecule has 102 valence electrons. The molecule has 1 unspecified atom stereocenters. The molecule has 1 N–H and O–H groups in total. The summed E-state index contributed by atoms with van der Waals surface area (Å²) in [6.45, 7) is 2.20. The predicted octanol–water partition coefficient (Wildman–Crippen LogP) is 3.78. The van der Waals surface area contributed by atoms with Crippen LogP contribution in [0.25, 0.3) is 0 Å². The molecule has 19 heavy (non-hydrogen) atoms. The van der Waals surface area contributed by atoms with Crippen LogP contribution in [0.4, 0.5) is 11.4 Å². The molecule has 0 spiro atoms. The van der Waals surface area contributed by atoms with Gasteiger partial charge in [-0.15, -0.1) is 0 Å². The van der Waals surface area contributed by atoms with Crippen molar-refractivity contribution in [2.45, 2.75) is 25.8 Å². The second kappa shape index (κ2) is 6.32. The van der Waals surface area contributed by atoms with Crippen LogP contribution in [0.5, 0.6) is 0 Å². The zero-order valence-corrected chi connectivity index (χ0v) is 11.9. The van der Waals surface area contributed by atoms with Crippen molar-refractivity contribution in [3.8, 4) is 0 Å². The number of nitrogens with one attached hydrogen (secondary N) is 1. The lowest BCUT2D eigenvalue weighted by molar-refractivity contribution is 0.495. The lowest BCUT2D eigenvalue weighted by Crippen LogP contribution is -2.16. The topological polar surface area (TPSA) is 28.4 Å². The molecular formula is C16H22N2O. The largest absolute Gasteiger partial charge is 0.469 e. The first-order chi connectivity index (χ1) is 9.15. The van der Waals surface area contributed by atoms with Gasteiger partial charge in [-0.05, 0) is 43.7 Å². The Hall–Kier alpha value is -1.90. The molecule has 1 aromatic heterocycles. The first kappa shape index (κ1) is 13.5. The number of rotatable bonds is 6. The normalized spacial score (nSPS) is 12.2. The van der Waals surface area contributed by atoms with Gasteiger partial charge in [0, 0.05) is 37.9 Å². The average Bonchev–Trinajstić information content (AvgIpc) is 2.90. The number of nitrogens with zero attached hydrogens (tertiary/aromatic N) is 1. The van der Waals surface area contributed by atoms with Crippen LogP contribution in [-0.2, 0) is 6.42 Å². The third-order valence-corrected chi connectivity index (χ3v) is 3.18. The summed E-state index contributed by atoms with van der Waals surface area (Å²) in [5.41, 5.74) is 2.38. The fourth-order valence-electron chi connectivity index (χ4n) is 2.04. The van der Waals surface area contributed by atoms with Gasteiger partial charge in [0.25, 0.3) is 0 Å². The maximum atomic E-state index is 5.35. The zero-order chi connectivity index (χ0) is 13.7. The smallest absolute Gasteiger partial charge is 0.103 e. The summed E-state index contributed by atoms with van der Waals surface area (Å²) >= 11 is 0. The number of hydrogen-bond acceptors (Lipinski definition) is 3. The van der Waals surface area contributed by atoms with Gasteiger partial charge in [0.15, 0.2) is 0 Å². The van der Waals surface area contributed by atoms with Crippen LogP contribution in [-0.4, -0.2) is 20.1 Å². The van der Waals surface area contributed by atoms with E-state index in [0.717, 1.165) is 24.3 Å². The summed E-state index contributed by atoms with van der Waals surface area (Å²) in [5, 5.41) is 3.53. The highest BCUT2D eigenvalue weighted by atomic mass is 16.3. The van der Waals surface area contributed by atoms with Gasteiger partial charge in [-0.3, -0.25) is 0 Å².